The summed E-state index contributed by atoms with van der Waals surface area (Å²) in [6.45, 7) is 4.43. The molecule has 98 valence electrons. The van der Waals surface area contributed by atoms with E-state index in [1.165, 1.54) is 38.8 Å². The van der Waals surface area contributed by atoms with Gasteiger partial charge >= 0.3 is 0 Å². The van der Waals surface area contributed by atoms with Crippen LogP contribution in [0.2, 0.25) is 0 Å². The first kappa shape index (κ1) is 12.8. The zero-order valence-electron chi connectivity index (χ0n) is 11.3. The maximum Gasteiger partial charge on any atom is 0.238 e. The number of piperidine rings is 1. The molecule has 0 aromatic carbocycles. The largest absolute Gasteiger partial charge is 0.347 e. The number of rotatable bonds is 3. The van der Waals surface area contributed by atoms with Gasteiger partial charge in [0, 0.05) is 32.7 Å². The van der Waals surface area contributed by atoms with Gasteiger partial charge in [-0.1, -0.05) is 6.42 Å². The third-order valence-corrected chi connectivity index (χ3v) is 4.13. The second-order valence-electron chi connectivity index (χ2n) is 5.62. The molecular weight excluding hydrogens is 214 g/mol. The van der Waals surface area contributed by atoms with Crippen LogP contribution in [-0.4, -0.2) is 61.0 Å². The molecular formula is C13H25N3O. The van der Waals surface area contributed by atoms with E-state index in [1.807, 2.05) is 21.0 Å². The Morgan fingerprint density at radius 3 is 2.76 bits per heavy atom. The van der Waals surface area contributed by atoms with Crippen molar-refractivity contribution in [1.29, 1.82) is 0 Å². The lowest BCUT2D eigenvalue weighted by molar-refractivity contribution is -0.130. The normalized spacial score (nSPS) is 31.0. The summed E-state index contributed by atoms with van der Waals surface area (Å²) in [5.41, 5.74) is 0. The predicted molar refractivity (Wildman–Crippen MR) is 68.9 cm³/mol. The van der Waals surface area contributed by atoms with Gasteiger partial charge in [0.05, 0.1) is 6.04 Å². The SMILES string of the molecule is CC(NC1CCN2CCCCC12)C(=O)N(C)C. The molecule has 0 aromatic rings. The molecule has 17 heavy (non-hydrogen) atoms. The van der Waals surface area contributed by atoms with Crippen LogP contribution in [0.3, 0.4) is 0 Å². The highest BCUT2D eigenvalue weighted by Crippen LogP contribution is 2.27. The third kappa shape index (κ3) is 2.80. The smallest absolute Gasteiger partial charge is 0.238 e. The van der Waals surface area contributed by atoms with Gasteiger partial charge in [-0.2, -0.15) is 0 Å². The van der Waals surface area contributed by atoms with E-state index in [9.17, 15) is 4.79 Å². The molecule has 0 aliphatic carbocycles. The van der Waals surface area contributed by atoms with Crippen LogP contribution in [0.5, 0.6) is 0 Å². The van der Waals surface area contributed by atoms with Crippen molar-refractivity contribution < 1.29 is 4.79 Å². The van der Waals surface area contributed by atoms with Gasteiger partial charge in [-0.15, -0.1) is 0 Å². The molecule has 2 aliphatic heterocycles. The number of fused-ring (bicyclic) bond motifs is 1. The van der Waals surface area contributed by atoms with Crippen molar-refractivity contribution in [2.24, 2.45) is 0 Å². The molecule has 0 radical (unpaired) electrons. The van der Waals surface area contributed by atoms with Crippen LogP contribution in [0.15, 0.2) is 0 Å². The lowest BCUT2D eigenvalue weighted by atomic mass is 9.98. The van der Waals surface area contributed by atoms with Crippen molar-refractivity contribution in [2.75, 3.05) is 27.2 Å². The van der Waals surface area contributed by atoms with Crippen LogP contribution >= 0.6 is 0 Å². The molecule has 1 N–H and O–H groups in total. The predicted octanol–water partition coefficient (Wildman–Crippen LogP) is 0.680. The molecule has 3 unspecified atom stereocenters. The number of carbonyl (C=O) groups is 1. The minimum Gasteiger partial charge on any atom is -0.347 e. The van der Waals surface area contributed by atoms with Gasteiger partial charge in [0.2, 0.25) is 5.91 Å². The van der Waals surface area contributed by atoms with Gasteiger partial charge < -0.3 is 10.2 Å². The lowest BCUT2D eigenvalue weighted by Gasteiger charge is -2.33. The highest BCUT2D eigenvalue weighted by molar-refractivity contribution is 5.80. The van der Waals surface area contributed by atoms with Crippen LogP contribution in [0, 0.1) is 0 Å². The van der Waals surface area contributed by atoms with Crippen molar-refractivity contribution in [3.63, 3.8) is 0 Å². The quantitative estimate of drug-likeness (QED) is 0.786. The van der Waals surface area contributed by atoms with Crippen molar-refractivity contribution in [3.05, 3.63) is 0 Å². The molecule has 2 fully saturated rings. The highest BCUT2D eigenvalue weighted by Gasteiger charge is 2.36. The Balaban J connectivity index is 1.89. The second-order valence-corrected chi connectivity index (χ2v) is 5.62. The van der Waals surface area contributed by atoms with E-state index in [4.69, 9.17) is 0 Å². The molecule has 4 nitrogen and oxygen atoms in total. The fourth-order valence-corrected chi connectivity index (χ4v) is 3.22. The molecule has 3 atom stereocenters. The summed E-state index contributed by atoms with van der Waals surface area (Å²) in [4.78, 5) is 16.1. The Kier molecular flexibility index (Phi) is 4.05. The Hall–Kier alpha value is -0.610. The Labute approximate surface area is 104 Å². The van der Waals surface area contributed by atoms with Crippen molar-refractivity contribution in [3.8, 4) is 0 Å². The number of hydrogen-bond acceptors (Lipinski definition) is 3. The number of hydrogen-bond donors (Lipinski definition) is 1. The minimum absolute atomic E-state index is 0.0584. The first-order chi connectivity index (χ1) is 8.09. The van der Waals surface area contributed by atoms with E-state index in [-0.39, 0.29) is 11.9 Å². The van der Waals surface area contributed by atoms with E-state index in [0.29, 0.717) is 12.1 Å². The van der Waals surface area contributed by atoms with E-state index >= 15 is 0 Å². The van der Waals surface area contributed by atoms with E-state index in [2.05, 4.69) is 10.2 Å². The number of nitrogens with zero attached hydrogens (tertiary/aromatic N) is 2. The van der Waals surface area contributed by atoms with Crippen LogP contribution in [0.4, 0.5) is 0 Å². The summed E-state index contributed by atoms with van der Waals surface area (Å²) in [6.07, 6.45) is 5.17. The van der Waals surface area contributed by atoms with Gasteiger partial charge in [0.15, 0.2) is 0 Å². The average molecular weight is 239 g/mol. The van der Waals surface area contributed by atoms with Crippen molar-refractivity contribution >= 4 is 5.91 Å². The average Bonchev–Trinajstić information content (AvgIpc) is 2.71. The van der Waals surface area contributed by atoms with Crippen LogP contribution < -0.4 is 5.32 Å². The summed E-state index contributed by atoms with van der Waals surface area (Å²) in [6, 6.07) is 1.12. The van der Waals surface area contributed by atoms with E-state index < -0.39 is 0 Å². The van der Waals surface area contributed by atoms with Gasteiger partial charge in [-0.25, -0.2) is 0 Å². The van der Waals surface area contributed by atoms with E-state index in [0.717, 1.165) is 0 Å². The molecule has 2 saturated heterocycles. The zero-order chi connectivity index (χ0) is 12.4. The van der Waals surface area contributed by atoms with Gasteiger partial charge in [-0.3, -0.25) is 9.69 Å². The van der Waals surface area contributed by atoms with Gasteiger partial charge in [0.25, 0.3) is 0 Å². The molecule has 2 aliphatic rings. The first-order valence-electron chi connectivity index (χ1n) is 6.81. The fourth-order valence-electron chi connectivity index (χ4n) is 3.22. The summed E-state index contributed by atoms with van der Waals surface area (Å²) < 4.78 is 0. The van der Waals surface area contributed by atoms with Crippen LogP contribution in [-0.2, 0) is 4.79 Å². The molecule has 0 aromatic heterocycles. The Bertz CT molecular complexity index is 280. The molecule has 1 amide bonds. The molecule has 2 rings (SSSR count). The van der Waals surface area contributed by atoms with Gasteiger partial charge in [0.1, 0.15) is 0 Å². The first-order valence-corrected chi connectivity index (χ1v) is 6.81. The number of amides is 1. The second kappa shape index (κ2) is 5.36. The van der Waals surface area contributed by atoms with Crippen molar-refractivity contribution in [1.82, 2.24) is 15.1 Å². The molecule has 0 saturated carbocycles. The summed E-state index contributed by atoms with van der Waals surface area (Å²) in [5.74, 6) is 0.180. The maximum absolute atomic E-state index is 11.8. The summed E-state index contributed by atoms with van der Waals surface area (Å²) in [5, 5.41) is 3.53. The Morgan fingerprint density at radius 2 is 2.06 bits per heavy atom. The molecule has 2 heterocycles. The van der Waals surface area contributed by atoms with Gasteiger partial charge in [-0.05, 0) is 32.7 Å². The molecule has 0 bridgehead atoms. The topological polar surface area (TPSA) is 35.6 Å². The maximum atomic E-state index is 11.8. The lowest BCUT2D eigenvalue weighted by Crippen LogP contribution is -2.51. The van der Waals surface area contributed by atoms with E-state index in [1.54, 1.807) is 4.90 Å². The molecule has 0 spiro atoms. The van der Waals surface area contributed by atoms with Crippen LogP contribution in [0.25, 0.3) is 0 Å². The monoisotopic (exact) mass is 239 g/mol. The van der Waals surface area contributed by atoms with Crippen molar-refractivity contribution in [2.45, 2.75) is 50.7 Å². The summed E-state index contributed by atoms with van der Waals surface area (Å²) >= 11 is 0. The summed E-state index contributed by atoms with van der Waals surface area (Å²) in [7, 11) is 3.64. The number of likely N-dealkylation sites (N-methyl/N-ethyl adjacent to an activating group) is 1. The van der Waals surface area contributed by atoms with Crippen LogP contribution in [0.1, 0.15) is 32.6 Å². The number of carbonyl (C=O) groups excluding carboxylic acids is 1. The minimum atomic E-state index is -0.0584. The Morgan fingerprint density at radius 1 is 1.29 bits per heavy atom. The zero-order valence-corrected chi connectivity index (χ0v) is 11.3. The molecule has 4 heteroatoms. The third-order valence-electron chi connectivity index (χ3n) is 4.13. The standard InChI is InChI=1S/C13H25N3O/c1-10(13(17)15(2)3)14-11-7-9-16-8-5-4-6-12(11)16/h10-12,14H,4-9H2,1-3H3. The fraction of sp³-hybridized carbons (Fsp3) is 0.923. The number of nitrogens with one attached hydrogen (secondary N) is 1. The highest BCUT2D eigenvalue weighted by atomic mass is 16.2.